The topological polar surface area (TPSA) is 87.5 Å². The van der Waals surface area contributed by atoms with Crippen LogP contribution in [0.5, 0.6) is 0 Å². The molecule has 1 aliphatic heterocycles. The number of nitrogens with one attached hydrogen (secondary N) is 1. The molecular formula is C17H23N5O3S. The summed E-state index contributed by atoms with van der Waals surface area (Å²) in [6.07, 6.45) is 5.38. The molecule has 0 saturated carbocycles. The first-order valence-corrected chi connectivity index (χ1v) is 10.2. The van der Waals surface area contributed by atoms with E-state index in [0.29, 0.717) is 24.3 Å². The van der Waals surface area contributed by atoms with Gasteiger partial charge in [-0.25, -0.2) is 8.42 Å². The van der Waals surface area contributed by atoms with E-state index in [2.05, 4.69) is 10.4 Å². The summed E-state index contributed by atoms with van der Waals surface area (Å²) in [6, 6.07) is 7.08. The molecule has 0 aliphatic carbocycles. The van der Waals surface area contributed by atoms with Crippen molar-refractivity contribution in [2.75, 3.05) is 43.1 Å². The normalized spacial score (nSPS) is 17.2. The first-order chi connectivity index (χ1) is 12.3. The van der Waals surface area contributed by atoms with Crippen LogP contribution in [0.3, 0.4) is 0 Å². The lowest BCUT2D eigenvalue weighted by molar-refractivity contribution is -0.116. The fourth-order valence-corrected chi connectivity index (χ4v) is 4.17. The number of sulfonamides is 1. The summed E-state index contributed by atoms with van der Waals surface area (Å²) in [5.74, 6) is -0.124. The summed E-state index contributed by atoms with van der Waals surface area (Å²) < 4.78 is 27.5. The van der Waals surface area contributed by atoms with Crippen molar-refractivity contribution in [3.05, 3.63) is 42.2 Å². The molecule has 1 aromatic heterocycles. The fourth-order valence-electron chi connectivity index (χ4n) is 3.21. The zero-order valence-electron chi connectivity index (χ0n) is 15.1. The van der Waals surface area contributed by atoms with E-state index in [1.807, 2.05) is 37.1 Å². The van der Waals surface area contributed by atoms with Crippen molar-refractivity contribution in [1.29, 1.82) is 0 Å². The van der Waals surface area contributed by atoms with E-state index in [-0.39, 0.29) is 18.5 Å². The number of nitrogens with zero attached hydrogens (tertiary/aromatic N) is 4. The molecule has 1 N–H and O–H groups in total. The standard InChI is InChI=1S/C17H23N5O3S/c1-20(2)12-17(23)19-13-5-6-16-14(11-13)15(21-9-4-8-18-21)7-10-22(16)26(3,24)25/h4-6,8-9,11,15H,7,10,12H2,1-3H3,(H,19,23)/t15-/m0/s1. The first kappa shape index (κ1) is 18.4. The Balaban J connectivity index is 1.99. The molecule has 0 bridgehead atoms. The second kappa shape index (κ2) is 7.08. The molecule has 2 heterocycles. The van der Waals surface area contributed by atoms with Crippen LogP contribution in [0.2, 0.25) is 0 Å². The SMILES string of the molecule is CN(C)CC(=O)Nc1ccc2c(c1)[C@@H](n1cccn1)CCN2S(C)(=O)=O. The van der Waals surface area contributed by atoms with Gasteiger partial charge in [-0.05, 0) is 44.8 Å². The monoisotopic (exact) mass is 377 g/mol. The maximum atomic E-state index is 12.2. The highest BCUT2D eigenvalue weighted by molar-refractivity contribution is 7.92. The Labute approximate surface area is 153 Å². The highest BCUT2D eigenvalue weighted by Gasteiger charge is 2.31. The Bertz CT molecular complexity index is 893. The van der Waals surface area contributed by atoms with Gasteiger partial charge in [0.05, 0.1) is 24.5 Å². The summed E-state index contributed by atoms with van der Waals surface area (Å²) in [4.78, 5) is 13.8. The number of rotatable bonds is 5. The molecule has 0 unspecified atom stereocenters. The van der Waals surface area contributed by atoms with Gasteiger partial charge in [0.15, 0.2) is 0 Å². The molecule has 0 radical (unpaired) electrons. The number of carbonyl (C=O) groups excluding carboxylic acids is 1. The third-order valence-electron chi connectivity index (χ3n) is 4.25. The number of hydrogen-bond donors (Lipinski definition) is 1. The number of hydrogen-bond acceptors (Lipinski definition) is 5. The Morgan fingerprint density at radius 1 is 1.38 bits per heavy atom. The van der Waals surface area contributed by atoms with Crippen LogP contribution < -0.4 is 9.62 Å². The van der Waals surface area contributed by atoms with Crippen LogP contribution >= 0.6 is 0 Å². The van der Waals surface area contributed by atoms with E-state index in [1.165, 1.54) is 10.6 Å². The van der Waals surface area contributed by atoms with Gasteiger partial charge in [0.25, 0.3) is 0 Å². The summed E-state index contributed by atoms with van der Waals surface area (Å²) in [5.41, 5.74) is 2.10. The van der Waals surface area contributed by atoms with Gasteiger partial charge in [0.1, 0.15) is 0 Å². The lowest BCUT2D eigenvalue weighted by Gasteiger charge is -2.34. The maximum absolute atomic E-state index is 12.2. The number of aromatic nitrogens is 2. The lowest BCUT2D eigenvalue weighted by atomic mass is 9.97. The van der Waals surface area contributed by atoms with E-state index < -0.39 is 10.0 Å². The van der Waals surface area contributed by atoms with Crippen LogP contribution in [-0.4, -0.2) is 62.4 Å². The second-order valence-electron chi connectivity index (χ2n) is 6.69. The smallest absolute Gasteiger partial charge is 0.238 e. The van der Waals surface area contributed by atoms with Crippen LogP contribution in [-0.2, 0) is 14.8 Å². The molecule has 0 spiro atoms. The molecule has 2 aromatic rings. The number of likely N-dealkylation sites (N-methyl/N-ethyl adjacent to an activating group) is 1. The average molecular weight is 377 g/mol. The quantitative estimate of drug-likeness (QED) is 0.844. The largest absolute Gasteiger partial charge is 0.325 e. The molecule has 1 aromatic carbocycles. The van der Waals surface area contributed by atoms with E-state index >= 15 is 0 Å². The summed E-state index contributed by atoms with van der Waals surface area (Å²) >= 11 is 0. The second-order valence-corrected chi connectivity index (χ2v) is 8.59. The Morgan fingerprint density at radius 2 is 2.15 bits per heavy atom. The van der Waals surface area contributed by atoms with Crippen LogP contribution in [0.1, 0.15) is 18.0 Å². The predicted octanol–water partition coefficient (Wildman–Crippen LogP) is 1.14. The number of amides is 1. The van der Waals surface area contributed by atoms with Gasteiger partial charge in [0.2, 0.25) is 15.9 Å². The molecule has 1 atom stereocenters. The van der Waals surface area contributed by atoms with Crippen molar-refractivity contribution in [2.45, 2.75) is 12.5 Å². The van der Waals surface area contributed by atoms with Gasteiger partial charge in [-0.1, -0.05) is 0 Å². The minimum atomic E-state index is -3.37. The van der Waals surface area contributed by atoms with Crippen molar-refractivity contribution >= 4 is 27.3 Å². The first-order valence-electron chi connectivity index (χ1n) is 8.31. The van der Waals surface area contributed by atoms with E-state index in [4.69, 9.17) is 0 Å². The van der Waals surface area contributed by atoms with Crippen molar-refractivity contribution in [3.63, 3.8) is 0 Å². The zero-order valence-corrected chi connectivity index (χ0v) is 15.9. The third-order valence-corrected chi connectivity index (χ3v) is 5.43. The van der Waals surface area contributed by atoms with Crippen molar-refractivity contribution in [2.24, 2.45) is 0 Å². The van der Waals surface area contributed by atoms with E-state index in [0.717, 1.165) is 5.56 Å². The summed E-state index contributed by atoms with van der Waals surface area (Å²) in [7, 11) is 0.273. The molecule has 26 heavy (non-hydrogen) atoms. The van der Waals surface area contributed by atoms with Crippen molar-refractivity contribution in [3.8, 4) is 0 Å². The Hall–Kier alpha value is -2.39. The molecular weight excluding hydrogens is 354 g/mol. The minimum Gasteiger partial charge on any atom is -0.325 e. The molecule has 1 aliphatic rings. The minimum absolute atomic E-state index is 0.0799. The highest BCUT2D eigenvalue weighted by Crippen LogP contribution is 2.38. The number of anilines is 2. The van der Waals surface area contributed by atoms with Crippen LogP contribution in [0, 0.1) is 0 Å². The van der Waals surface area contributed by atoms with E-state index in [1.54, 1.807) is 23.2 Å². The molecule has 3 rings (SSSR count). The van der Waals surface area contributed by atoms with Gasteiger partial charge in [0, 0.05) is 30.2 Å². The van der Waals surface area contributed by atoms with Gasteiger partial charge in [-0.2, -0.15) is 5.10 Å². The Kier molecular flexibility index (Phi) is 5.01. The number of benzene rings is 1. The van der Waals surface area contributed by atoms with Gasteiger partial charge in [-0.15, -0.1) is 0 Å². The predicted molar refractivity (Wildman–Crippen MR) is 101 cm³/mol. The lowest BCUT2D eigenvalue weighted by Crippen LogP contribution is -2.37. The molecule has 140 valence electrons. The van der Waals surface area contributed by atoms with Crippen LogP contribution in [0.25, 0.3) is 0 Å². The van der Waals surface area contributed by atoms with Gasteiger partial charge < -0.3 is 10.2 Å². The maximum Gasteiger partial charge on any atom is 0.238 e. The molecule has 9 heteroatoms. The summed E-state index contributed by atoms with van der Waals surface area (Å²) in [5, 5.41) is 7.18. The van der Waals surface area contributed by atoms with Crippen LogP contribution in [0.15, 0.2) is 36.7 Å². The van der Waals surface area contributed by atoms with Crippen molar-refractivity contribution < 1.29 is 13.2 Å². The zero-order chi connectivity index (χ0) is 18.9. The third kappa shape index (κ3) is 3.88. The van der Waals surface area contributed by atoms with Gasteiger partial charge >= 0.3 is 0 Å². The molecule has 0 saturated heterocycles. The van der Waals surface area contributed by atoms with Crippen molar-refractivity contribution in [1.82, 2.24) is 14.7 Å². The molecule has 1 amide bonds. The highest BCUT2D eigenvalue weighted by atomic mass is 32.2. The fraction of sp³-hybridized carbons (Fsp3) is 0.412. The van der Waals surface area contributed by atoms with E-state index in [9.17, 15) is 13.2 Å². The molecule has 0 fully saturated rings. The Morgan fingerprint density at radius 3 is 2.77 bits per heavy atom. The summed E-state index contributed by atoms with van der Waals surface area (Å²) in [6.45, 7) is 0.665. The van der Waals surface area contributed by atoms with Gasteiger partial charge in [-0.3, -0.25) is 13.8 Å². The average Bonchev–Trinajstić information content (AvgIpc) is 3.06. The van der Waals surface area contributed by atoms with Crippen LogP contribution in [0.4, 0.5) is 11.4 Å². The number of carbonyl (C=O) groups is 1. The molecule has 8 nitrogen and oxygen atoms in total. The number of fused-ring (bicyclic) bond motifs is 1.